The third-order valence-corrected chi connectivity index (χ3v) is 5.03. The predicted molar refractivity (Wildman–Crippen MR) is 114 cm³/mol. The van der Waals surface area contributed by atoms with E-state index in [1.165, 1.54) is 5.56 Å². The Kier molecular flexibility index (Phi) is 7.25. The first-order valence-corrected chi connectivity index (χ1v) is 10.2. The van der Waals surface area contributed by atoms with E-state index >= 15 is 0 Å². The second-order valence-corrected chi connectivity index (χ2v) is 7.29. The lowest BCUT2D eigenvalue weighted by Gasteiger charge is -2.04. The first-order chi connectivity index (χ1) is 13.3. The molecule has 0 bridgehead atoms. The third-order valence-electron chi connectivity index (χ3n) is 3.79. The topological polar surface area (TPSA) is 43.1 Å². The van der Waals surface area contributed by atoms with E-state index in [-0.39, 0.29) is 0 Å². The molecule has 0 aliphatic carbocycles. The molecule has 0 aliphatic heterocycles. The van der Waals surface area contributed by atoms with E-state index in [1.807, 2.05) is 59.3 Å². The van der Waals surface area contributed by atoms with Crippen molar-refractivity contribution < 1.29 is 0 Å². The monoisotopic (exact) mass is 396 g/mol. The fourth-order valence-electron chi connectivity index (χ4n) is 2.43. The molecule has 0 atom stereocenters. The van der Waals surface area contributed by atoms with Crippen molar-refractivity contribution in [1.82, 2.24) is 14.9 Å². The van der Waals surface area contributed by atoms with Crippen LogP contribution in [-0.2, 0) is 12.2 Å². The van der Waals surface area contributed by atoms with Gasteiger partial charge in [-0.15, -0.1) is 10.2 Å². The van der Waals surface area contributed by atoms with E-state index in [0.29, 0.717) is 0 Å². The van der Waals surface area contributed by atoms with Gasteiger partial charge in [-0.1, -0.05) is 78.8 Å². The van der Waals surface area contributed by atoms with Gasteiger partial charge in [0.1, 0.15) is 0 Å². The summed E-state index contributed by atoms with van der Waals surface area (Å²) in [6.45, 7) is 2.12. The van der Waals surface area contributed by atoms with Gasteiger partial charge in [0.2, 0.25) is 5.16 Å². The number of hydrogen-bond acceptors (Lipinski definition) is 4. The zero-order valence-electron chi connectivity index (χ0n) is 15.1. The third kappa shape index (κ3) is 5.81. The molecule has 0 amide bonds. The Labute approximate surface area is 169 Å². The minimum atomic E-state index is 0.743. The van der Waals surface area contributed by atoms with E-state index in [1.54, 1.807) is 18.0 Å². The smallest absolute Gasteiger partial charge is 0.191 e. The van der Waals surface area contributed by atoms with Crippen LogP contribution in [0.15, 0.2) is 70.9 Å². The Balaban J connectivity index is 1.71. The highest BCUT2D eigenvalue weighted by atomic mass is 35.5. The summed E-state index contributed by atoms with van der Waals surface area (Å²) in [5, 5.41) is 14.7. The molecule has 0 fully saturated rings. The lowest BCUT2D eigenvalue weighted by atomic mass is 10.2. The highest BCUT2D eigenvalue weighted by molar-refractivity contribution is 7.98. The second-order valence-electron chi connectivity index (χ2n) is 5.91. The standard InChI is InChI=1S/C21H21ClN4S/c1-2-7-20-24-25-21(27-16-18-11-13-19(22)14-12-18)26(20)23-15-6-10-17-8-4-3-5-9-17/h3-6,8-15H,2,7,16H2,1H3/b10-6-,23-15+. The zero-order chi connectivity index (χ0) is 18.9. The van der Waals surface area contributed by atoms with Crippen molar-refractivity contribution in [1.29, 1.82) is 0 Å². The number of allylic oxidation sites excluding steroid dienone is 1. The van der Waals surface area contributed by atoms with Crippen LogP contribution >= 0.6 is 23.4 Å². The molecule has 6 heteroatoms. The number of halogens is 1. The number of thioether (sulfide) groups is 1. The molecular formula is C21H21ClN4S. The lowest BCUT2D eigenvalue weighted by molar-refractivity contribution is 0.700. The molecule has 0 aliphatic rings. The summed E-state index contributed by atoms with van der Waals surface area (Å²) in [6, 6.07) is 18.0. The number of hydrogen-bond donors (Lipinski definition) is 0. The van der Waals surface area contributed by atoms with Gasteiger partial charge in [-0.25, -0.2) is 0 Å². The fourth-order valence-corrected chi connectivity index (χ4v) is 3.42. The first-order valence-electron chi connectivity index (χ1n) is 8.84. The van der Waals surface area contributed by atoms with Crippen LogP contribution in [0.25, 0.3) is 6.08 Å². The quantitative estimate of drug-likeness (QED) is 0.361. The van der Waals surface area contributed by atoms with Crippen LogP contribution in [0.5, 0.6) is 0 Å². The fraction of sp³-hybridized carbons (Fsp3) is 0.190. The first kappa shape index (κ1) is 19.4. The maximum absolute atomic E-state index is 5.95. The minimum Gasteiger partial charge on any atom is -0.191 e. The van der Waals surface area contributed by atoms with E-state index in [4.69, 9.17) is 11.6 Å². The Bertz CT molecular complexity index is 902. The molecule has 0 radical (unpaired) electrons. The summed E-state index contributed by atoms with van der Waals surface area (Å²) in [5.74, 6) is 1.66. The number of aromatic nitrogens is 3. The largest absolute Gasteiger partial charge is 0.212 e. The average molecular weight is 397 g/mol. The second kappa shape index (κ2) is 10.1. The van der Waals surface area contributed by atoms with Crippen LogP contribution in [0, 0.1) is 0 Å². The van der Waals surface area contributed by atoms with Gasteiger partial charge >= 0.3 is 0 Å². The molecule has 138 valence electrons. The lowest BCUT2D eigenvalue weighted by Crippen LogP contribution is -1.99. The molecule has 4 nitrogen and oxygen atoms in total. The summed E-state index contributed by atoms with van der Waals surface area (Å²) in [4.78, 5) is 0. The van der Waals surface area contributed by atoms with Crippen molar-refractivity contribution >= 4 is 35.7 Å². The van der Waals surface area contributed by atoms with E-state index in [2.05, 4.69) is 34.4 Å². The van der Waals surface area contributed by atoms with E-state index < -0.39 is 0 Å². The molecule has 1 aromatic heterocycles. The predicted octanol–water partition coefficient (Wildman–Crippen LogP) is 5.72. The Morgan fingerprint density at radius 3 is 2.59 bits per heavy atom. The molecular weight excluding hydrogens is 376 g/mol. The molecule has 0 saturated heterocycles. The molecule has 0 unspecified atom stereocenters. The molecule has 0 N–H and O–H groups in total. The van der Waals surface area contributed by atoms with Gasteiger partial charge in [-0.3, -0.25) is 0 Å². The molecule has 3 aromatic rings. The van der Waals surface area contributed by atoms with Crippen molar-refractivity contribution in [2.75, 3.05) is 0 Å². The van der Waals surface area contributed by atoms with E-state index in [9.17, 15) is 0 Å². The van der Waals surface area contributed by atoms with Gasteiger partial charge in [-0.05, 0) is 35.8 Å². The number of rotatable bonds is 8. The normalized spacial score (nSPS) is 11.6. The molecule has 0 saturated carbocycles. The van der Waals surface area contributed by atoms with Crippen LogP contribution in [0.3, 0.4) is 0 Å². The Hall–Kier alpha value is -2.37. The molecule has 27 heavy (non-hydrogen) atoms. The van der Waals surface area contributed by atoms with Crippen LogP contribution in [0.4, 0.5) is 0 Å². The summed E-state index contributed by atoms with van der Waals surface area (Å²) >= 11 is 7.56. The van der Waals surface area contributed by atoms with Crippen LogP contribution in [0.1, 0.15) is 30.3 Å². The SMILES string of the molecule is CCCc1nnc(SCc2ccc(Cl)cc2)n1/N=C/C=C\c1ccccc1. The van der Waals surface area contributed by atoms with Gasteiger partial charge in [0, 0.05) is 23.4 Å². The summed E-state index contributed by atoms with van der Waals surface area (Å²) in [7, 11) is 0. The maximum atomic E-state index is 5.95. The molecule has 0 spiro atoms. The van der Waals surface area contributed by atoms with Gasteiger partial charge in [0.05, 0.1) is 0 Å². The average Bonchev–Trinajstić information content (AvgIpc) is 3.07. The van der Waals surface area contributed by atoms with Crippen LogP contribution in [0.2, 0.25) is 5.02 Å². The van der Waals surface area contributed by atoms with Gasteiger partial charge < -0.3 is 0 Å². The summed E-state index contributed by atoms with van der Waals surface area (Å²) in [5.41, 5.74) is 2.32. The summed E-state index contributed by atoms with van der Waals surface area (Å²) in [6.07, 6.45) is 7.57. The van der Waals surface area contributed by atoms with Gasteiger partial charge in [-0.2, -0.15) is 9.78 Å². The summed E-state index contributed by atoms with van der Waals surface area (Å²) < 4.78 is 1.83. The Morgan fingerprint density at radius 1 is 1.07 bits per heavy atom. The number of aryl methyl sites for hydroxylation is 1. The molecule has 3 rings (SSSR count). The van der Waals surface area contributed by atoms with Crippen LogP contribution in [-0.4, -0.2) is 21.1 Å². The Morgan fingerprint density at radius 2 is 1.85 bits per heavy atom. The van der Waals surface area contributed by atoms with Crippen LogP contribution < -0.4 is 0 Å². The van der Waals surface area contributed by atoms with Crippen molar-refractivity contribution in [3.05, 3.63) is 82.6 Å². The number of nitrogens with zero attached hydrogens (tertiary/aromatic N) is 4. The highest BCUT2D eigenvalue weighted by Crippen LogP contribution is 2.23. The highest BCUT2D eigenvalue weighted by Gasteiger charge is 2.11. The van der Waals surface area contributed by atoms with Crippen molar-refractivity contribution in [2.45, 2.75) is 30.7 Å². The molecule has 1 heterocycles. The van der Waals surface area contributed by atoms with Crippen molar-refractivity contribution in [2.24, 2.45) is 5.10 Å². The number of benzene rings is 2. The minimum absolute atomic E-state index is 0.743. The van der Waals surface area contributed by atoms with Crippen molar-refractivity contribution in [3.63, 3.8) is 0 Å². The van der Waals surface area contributed by atoms with Crippen molar-refractivity contribution in [3.8, 4) is 0 Å². The maximum Gasteiger partial charge on any atom is 0.212 e. The zero-order valence-corrected chi connectivity index (χ0v) is 16.7. The molecule has 2 aromatic carbocycles. The van der Waals surface area contributed by atoms with E-state index in [0.717, 1.165) is 40.2 Å². The van der Waals surface area contributed by atoms with Gasteiger partial charge in [0.25, 0.3) is 0 Å². The van der Waals surface area contributed by atoms with Gasteiger partial charge in [0.15, 0.2) is 5.82 Å².